The van der Waals surface area contributed by atoms with E-state index in [0.717, 1.165) is 25.9 Å². The Balaban J connectivity index is 2.19. The zero-order chi connectivity index (χ0) is 8.10. The largest absolute Gasteiger partial charge is 0.468 e. The third kappa shape index (κ3) is 2.89. The minimum absolute atomic E-state index is 0.132. The van der Waals surface area contributed by atoms with E-state index in [0.29, 0.717) is 6.54 Å². The number of hydrogen-bond donors (Lipinski definition) is 0. The van der Waals surface area contributed by atoms with Crippen LogP contribution in [0.1, 0.15) is 12.8 Å². The van der Waals surface area contributed by atoms with E-state index in [-0.39, 0.29) is 5.97 Å². The van der Waals surface area contributed by atoms with E-state index in [4.69, 9.17) is 0 Å². The van der Waals surface area contributed by atoms with Gasteiger partial charge in [0.25, 0.3) is 0 Å². The molecule has 1 saturated heterocycles. The minimum Gasteiger partial charge on any atom is -0.468 e. The van der Waals surface area contributed by atoms with Crippen molar-refractivity contribution in [2.24, 2.45) is 0 Å². The maximum Gasteiger partial charge on any atom is 0.319 e. The number of rotatable bonds is 2. The lowest BCUT2D eigenvalue weighted by atomic mass is 10.1. The highest BCUT2D eigenvalue weighted by atomic mass is 16.5. The van der Waals surface area contributed by atoms with Crippen molar-refractivity contribution < 1.29 is 9.53 Å². The molecule has 0 aromatic heterocycles. The van der Waals surface area contributed by atoms with Crippen molar-refractivity contribution in [1.29, 1.82) is 0 Å². The number of carbonyl (C=O) groups is 1. The number of hydrogen-bond acceptors (Lipinski definition) is 3. The second-order valence-electron chi connectivity index (χ2n) is 2.72. The van der Waals surface area contributed by atoms with Gasteiger partial charge in [0.05, 0.1) is 13.7 Å². The van der Waals surface area contributed by atoms with Gasteiger partial charge in [-0.1, -0.05) is 0 Å². The first-order chi connectivity index (χ1) is 5.33. The smallest absolute Gasteiger partial charge is 0.319 e. The minimum atomic E-state index is -0.132. The van der Waals surface area contributed by atoms with Crippen LogP contribution in [0.4, 0.5) is 0 Å². The van der Waals surface area contributed by atoms with Crippen LogP contribution in [0.25, 0.3) is 0 Å². The summed E-state index contributed by atoms with van der Waals surface area (Å²) in [5.74, 6) is -0.132. The van der Waals surface area contributed by atoms with Gasteiger partial charge in [0.2, 0.25) is 0 Å². The summed E-state index contributed by atoms with van der Waals surface area (Å²) in [6, 6.07) is 0. The first-order valence-corrected chi connectivity index (χ1v) is 3.94. The molecule has 0 aromatic carbocycles. The molecule has 0 bridgehead atoms. The molecule has 3 heteroatoms. The van der Waals surface area contributed by atoms with Crippen LogP contribution in [0.2, 0.25) is 0 Å². The van der Waals surface area contributed by atoms with E-state index in [1.165, 1.54) is 7.11 Å². The molecule has 0 amide bonds. The SMILES string of the molecule is COC(=O)CN1CC[CH]CC1. The zero-order valence-corrected chi connectivity index (χ0v) is 6.88. The van der Waals surface area contributed by atoms with Crippen LogP contribution < -0.4 is 0 Å². The van der Waals surface area contributed by atoms with Gasteiger partial charge in [0.15, 0.2) is 0 Å². The van der Waals surface area contributed by atoms with Crippen molar-refractivity contribution in [3.8, 4) is 0 Å². The quantitative estimate of drug-likeness (QED) is 0.544. The van der Waals surface area contributed by atoms with Gasteiger partial charge in [0, 0.05) is 0 Å². The average Bonchev–Trinajstić information content (AvgIpc) is 2.06. The van der Waals surface area contributed by atoms with E-state index >= 15 is 0 Å². The first-order valence-electron chi connectivity index (χ1n) is 3.94. The van der Waals surface area contributed by atoms with Crippen LogP contribution in [0.15, 0.2) is 0 Å². The van der Waals surface area contributed by atoms with Crippen LogP contribution in [0.3, 0.4) is 0 Å². The number of methoxy groups -OCH3 is 1. The highest BCUT2D eigenvalue weighted by Crippen LogP contribution is 2.06. The Kier molecular flexibility index (Phi) is 3.36. The molecule has 11 heavy (non-hydrogen) atoms. The summed E-state index contributed by atoms with van der Waals surface area (Å²) in [6.07, 6.45) is 4.45. The molecule has 63 valence electrons. The zero-order valence-electron chi connectivity index (χ0n) is 6.88. The van der Waals surface area contributed by atoms with E-state index < -0.39 is 0 Å². The Morgan fingerprint density at radius 1 is 1.55 bits per heavy atom. The normalized spacial score (nSPS) is 19.7. The molecule has 1 aliphatic rings. The number of ether oxygens (including phenoxy) is 1. The molecule has 1 aliphatic heterocycles. The summed E-state index contributed by atoms with van der Waals surface area (Å²) >= 11 is 0. The molecule has 3 nitrogen and oxygen atoms in total. The Labute approximate surface area is 67.3 Å². The highest BCUT2D eigenvalue weighted by Gasteiger charge is 2.13. The molecule has 0 spiro atoms. The summed E-state index contributed by atoms with van der Waals surface area (Å²) in [7, 11) is 1.43. The lowest BCUT2D eigenvalue weighted by Crippen LogP contribution is -2.35. The fourth-order valence-electron chi connectivity index (χ4n) is 1.21. The molecular formula is C8H14NO2. The second kappa shape index (κ2) is 4.34. The lowest BCUT2D eigenvalue weighted by molar-refractivity contribution is -0.142. The monoisotopic (exact) mass is 156 g/mol. The van der Waals surface area contributed by atoms with E-state index in [1.807, 2.05) is 0 Å². The fourth-order valence-corrected chi connectivity index (χ4v) is 1.21. The average molecular weight is 156 g/mol. The van der Waals surface area contributed by atoms with Crippen molar-refractivity contribution in [1.82, 2.24) is 4.90 Å². The Bertz CT molecular complexity index is 130. The second-order valence-corrected chi connectivity index (χ2v) is 2.72. The molecule has 0 unspecified atom stereocenters. The predicted molar refractivity (Wildman–Crippen MR) is 42.0 cm³/mol. The summed E-state index contributed by atoms with van der Waals surface area (Å²) < 4.78 is 4.56. The topological polar surface area (TPSA) is 29.5 Å². The number of nitrogens with zero attached hydrogens (tertiary/aromatic N) is 1. The summed E-state index contributed by atoms with van der Waals surface area (Å²) in [5, 5.41) is 0. The molecular weight excluding hydrogens is 142 g/mol. The molecule has 0 aliphatic carbocycles. The Hall–Kier alpha value is -0.570. The summed E-state index contributed by atoms with van der Waals surface area (Å²) in [4.78, 5) is 12.9. The van der Waals surface area contributed by atoms with Crippen LogP contribution in [0.5, 0.6) is 0 Å². The van der Waals surface area contributed by atoms with Crippen LogP contribution in [-0.4, -0.2) is 37.6 Å². The van der Waals surface area contributed by atoms with E-state index in [2.05, 4.69) is 16.1 Å². The number of esters is 1. The molecule has 1 rings (SSSR count). The summed E-state index contributed by atoms with van der Waals surface area (Å²) in [6.45, 7) is 2.44. The first kappa shape index (κ1) is 8.53. The van der Waals surface area contributed by atoms with Crippen molar-refractivity contribution in [3.63, 3.8) is 0 Å². The van der Waals surface area contributed by atoms with Crippen LogP contribution >= 0.6 is 0 Å². The third-order valence-corrected chi connectivity index (χ3v) is 1.88. The fraction of sp³-hybridized carbons (Fsp3) is 0.750. The van der Waals surface area contributed by atoms with Gasteiger partial charge in [0.1, 0.15) is 0 Å². The van der Waals surface area contributed by atoms with Crippen molar-refractivity contribution >= 4 is 5.97 Å². The summed E-state index contributed by atoms with van der Waals surface area (Å²) in [5.41, 5.74) is 0. The van der Waals surface area contributed by atoms with Gasteiger partial charge in [-0.3, -0.25) is 9.69 Å². The van der Waals surface area contributed by atoms with Crippen molar-refractivity contribution in [2.75, 3.05) is 26.7 Å². The van der Waals surface area contributed by atoms with Gasteiger partial charge in [-0.15, -0.1) is 0 Å². The number of carbonyl (C=O) groups excluding carboxylic acids is 1. The maximum atomic E-state index is 10.8. The molecule has 0 atom stereocenters. The standard InChI is InChI=1S/C8H14NO2/c1-11-8(10)7-9-5-3-2-4-6-9/h2H,3-7H2,1H3. The van der Waals surface area contributed by atoms with Gasteiger partial charge in [-0.05, 0) is 32.4 Å². The van der Waals surface area contributed by atoms with Gasteiger partial charge in [-0.25, -0.2) is 0 Å². The molecule has 0 saturated carbocycles. The molecule has 0 aromatic rings. The highest BCUT2D eigenvalue weighted by molar-refractivity contribution is 5.71. The van der Waals surface area contributed by atoms with Crippen LogP contribution in [-0.2, 0) is 9.53 Å². The Morgan fingerprint density at radius 3 is 2.73 bits per heavy atom. The third-order valence-electron chi connectivity index (χ3n) is 1.88. The van der Waals surface area contributed by atoms with Gasteiger partial charge in [-0.2, -0.15) is 0 Å². The molecule has 1 radical (unpaired) electrons. The predicted octanol–water partition coefficient (Wildman–Crippen LogP) is 0.459. The molecule has 1 heterocycles. The van der Waals surface area contributed by atoms with Gasteiger partial charge < -0.3 is 4.74 Å². The molecule has 0 N–H and O–H groups in total. The van der Waals surface area contributed by atoms with Crippen molar-refractivity contribution in [2.45, 2.75) is 12.8 Å². The van der Waals surface area contributed by atoms with Crippen molar-refractivity contribution in [3.05, 3.63) is 6.42 Å². The molecule has 1 fully saturated rings. The van der Waals surface area contributed by atoms with E-state index in [1.54, 1.807) is 0 Å². The number of likely N-dealkylation sites (tertiary alicyclic amines) is 1. The van der Waals surface area contributed by atoms with E-state index in [9.17, 15) is 4.79 Å². The Morgan fingerprint density at radius 2 is 2.18 bits per heavy atom. The number of piperidine rings is 1. The lowest BCUT2D eigenvalue weighted by Gasteiger charge is -2.24. The van der Waals surface area contributed by atoms with Crippen LogP contribution in [0, 0.1) is 6.42 Å². The maximum absolute atomic E-state index is 10.8. The van der Waals surface area contributed by atoms with Gasteiger partial charge >= 0.3 is 5.97 Å².